The molecule has 25 heavy (non-hydrogen) atoms. The van der Waals surface area contributed by atoms with Crippen LogP contribution in [0.3, 0.4) is 0 Å². The molecule has 6 nitrogen and oxygen atoms in total. The number of halogens is 1. The molecule has 2 aromatic heterocycles. The lowest BCUT2D eigenvalue weighted by Crippen LogP contribution is -2.23. The normalized spacial score (nSPS) is 14.3. The van der Waals surface area contributed by atoms with E-state index in [4.69, 9.17) is 4.52 Å². The number of fused-ring (bicyclic) bond motifs is 1. The minimum absolute atomic E-state index is 0.251. The Bertz CT molecular complexity index is 867. The molecule has 1 aromatic carbocycles. The average Bonchev–Trinajstić information content (AvgIpc) is 3.04. The maximum Gasteiger partial charge on any atom is 0.246 e. The predicted molar refractivity (Wildman–Crippen MR) is 92.9 cm³/mol. The highest BCUT2D eigenvalue weighted by atomic mass is 19.1. The summed E-state index contributed by atoms with van der Waals surface area (Å²) in [7, 11) is 2.02. The van der Waals surface area contributed by atoms with Gasteiger partial charge in [-0.3, -0.25) is 4.98 Å². The Balaban J connectivity index is 1.62. The van der Waals surface area contributed by atoms with Gasteiger partial charge in [-0.15, -0.1) is 0 Å². The third-order valence-corrected chi connectivity index (χ3v) is 4.30. The number of pyridine rings is 1. The summed E-state index contributed by atoms with van der Waals surface area (Å²) in [6.45, 7) is 2.14. The molecule has 0 unspecified atom stereocenters. The van der Waals surface area contributed by atoms with E-state index in [2.05, 4.69) is 24.9 Å². The van der Waals surface area contributed by atoms with Gasteiger partial charge in [-0.2, -0.15) is 4.98 Å². The van der Waals surface area contributed by atoms with Crippen LogP contribution in [-0.4, -0.2) is 35.3 Å². The molecular formula is C18H18FN5O. The van der Waals surface area contributed by atoms with E-state index in [0.717, 1.165) is 30.9 Å². The fourth-order valence-corrected chi connectivity index (χ4v) is 3.06. The fourth-order valence-electron chi connectivity index (χ4n) is 3.06. The first-order valence-corrected chi connectivity index (χ1v) is 8.20. The summed E-state index contributed by atoms with van der Waals surface area (Å²) in [6, 6.07) is 10.4. The second-order valence-corrected chi connectivity index (χ2v) is 6.06. The van der Waals surface area contributed by atoms with Crippen molar-refractivity contribution in [3.8, 4) is 11.5 Å². The molecule has 0 aliphatic carbocycles. The number of anilines is 2. The largest absolute Gasteiger partial charge is 0.373 e. The van der Waals surface area contributed by atoms with Gasteiger partial charge in [0.1, 0.15) is 11.5 Å². The zero-order valence-electron chi connectivity index (χ0n) is 13.9. The Morgan fingerprint density at radius 3 is 2.92 bits per heavy atom. The van der Waals surface area contributed by atoms with Crippen LogP contribution in [0, 0.1) is 5.82 Å². The molecule has 0 spiro atoms. The zero-order valence-corrected chi connectivity index (χ0v) is 13.9. The van der Waals surface area contributed by atoms with E-state index < -0.39 is 0 Å². The Labute approximate surface area is 144 Å². The van der Waals surface area contributed by atoms with E-state index >= 15 is 0 Å². The molecule has 128 valence electrons. The van der Waals surface area contributed by atoms with Crippen molar-refractivity contribution in [3.05, 3.63) is 54.3 Å². The van der Waals surface area contributed by atoms with E-state index in [1.165, 1.54) is 6.07 Å². The van der Waals surface area contributed by atoms with Gasteiger partial charge in [0.25, 0.3) is 0 Å². The molecule has 3 heterocycles. The first kappa shape index (κ1) is 15.6. The summed E-state index contributed by atoms with van der Waals surface area (Å²) in [5.74, 6) is 0.696. The van der Waals surface area contributed by atoms with Crippen molar-refractivity contribution in [2.24, 2.45) is 0 Å². The monoisotopic (exact) mass is 339 g/mol. The van der Waals surface area contributed by atoms with Gasteiger partial charge in [0.2, 0.25) is 11.7 Å². The third-order valence-electron chi connectivity index (χ3n) is 4.30. The minimum Gasteiger partial charge on any atom is -0.373 e. The van der Waals surface area contributed by atoms with E-state index in [1.807, 2.05) is 31.3 Å². The fraction of sp³-hybridized carbons (Fsp3) is 0.278. The molecule has 4 rings (SSSR count). The molecule has 0 atom stereocenters. The molecular weight excluding hydrogens is 321 g/mol. The number of benzene rings is 1. The van der Waals surface area contributed by atoms with Crippen LogP contribution in [0.15, 0.2) is 47.1 Å². The lowest BCUT2D eigenvalue weighted by atomic mass is 10.2. The standard InChI is InChI=1S/C18H18FN5O/c1-23-9-4-10-24(16-11-13(19)6-7-15(16)23)12-17-21-18(22-25-17)14-5-2-3-8-20-14/h2-3,5-8,11H,4,9-10,12H2,1H3. The molecule has 0 N–H and O–H groups in total. The highest BCUT2D eigenvalue weighted by molar-refractivity contribution is 5.72. The highest BCUT2D eigenvalue weighted by Gasteiger charge is 2.21. The van der Waals surface area contributed by atoms with Crippen LogP contribution in [0.1, 0.15) is 12.3 Å². The quantitative estimate of drug-likeness (QED) is 0.731. The van der Waals surface area contributed by atoms with Crippen molar-refractivity contribution >= 4 is 11.4 Å². The van der Waals surface area contributed by atoms with Crippen LogP contribution in [-0.2, 0) is 6.54 Å². The maximum absolute atomic E-state index is 13.8. The molecule has 0 saturated carbocycles. The van der Waals surface area contributed by atoms with Crippen molar-refractivity contribution < 1.29 is 8.91 Å². The number of aromatic nitrogens is 3. The first-order chi connectivity index (χ1) is 12.2. The van der Waals surface area contributed by atoms with Gasteiger partial charge >= 0.3 is 0 Å². The molecule has 0 radical (unpaired) electrons. The molecule has 0 amide bonds. The molecule has 3 aromatic rings. The first-order valence-electron chi connectivity index (χ1n) is 8.20. The SMILES string of the molecule is CN1CCCN(Cc2nc(-c3ccccn3)no2)c2cc(F)ccc21. The number of nitrogens with zero attached hydrogens (tertiary/aromatic N) is 5. The number of hydrogen-bond acceptors (Lipinski definition) is 6. The Hall–Kier alpha value is -2.96. The van der Waals surface area contributed by atoms with Crippen LogP contribution in [0.25, 0.3) is 11.5 Å². The molecule has 0 bridgehead atoms. The highest BCUT2D eigenvalue weighted by Crippen LogP contribution is 2.33. The molecule has 7 heteroatoms. The third kappa shape index (κ3) is 3.17. The van der Waals surface area contributed by atoms with Crippen LogP contribution in [0.4, 0.5) is 15.8 Å². The van der Waals surface area contributed by atoms with Crippen LogP contribution in [0.5, 0.6) is 0 Å². The lowest BCUT2D eigenvalue weighted by molar-refractivity contribution is 0.376. The van der Waals surface area contributed by atoms with Crippen LogP contribution < -0.4 is 9.80 Å². The van der Waals surface area contributed by atoms with E-state index in [9.17, 15) is 4.39 Å². The van der Waals surface area contributed by atoms with Gasteiger partial charge in [0.05, 0.1) is 17.9 Å². The summed E-state index contributed by atoms with van der Waals surface area (Å²) < 4.78 is 19.2. The number of rotatable bonds is 3. The van der Waals surface area contributed by atoms with E-state index in [1.54, 1.807) is 12.3 Å². The van der Waals surface area contributed by atoms with Crippen LogP contribution >= 0.6 is 0 Å². The zero-order chi connectivity index (χ0) is 17.2. The Morgan fingerprint density at radius 1 is 1.16 bits per heavy atom. The van der Waals surface area contributed by atoms with Crippen LogP contribution in [0.2, 0.25) is 0 Å². The molecule has 1 aliphatic heterocycles. The summed E-state index contributed by atoms with van der Waals surface area (Å²) >= 11 is 0. The minimum atomic E-state index is -0.251. The van der Waals surface area contributed by atoms with Crippen molar-refractivity contribution in [1.82, 2.24) is 15.1 Å². The van der Waals surface area contributed by atoms with E-state index in [0.29, 0.717) is 24.0 Å². The van der Waals surface area contributed by atoms with Gasteiger partial charge < -0.3 is 14.3 Å². The second kappa shape index (κ2) is 6.51. The predicted octanol–water partition coefficient (Wildman–Crippen LogP) is 3.12. The average molecular weight is 339 g/mol. The lowest BCUT2D eigenvalue weighted by Gasteiger charge is -2.24. The van der Waals surface area contributed by atoms with Gasteiger partial charge in [0, 0.05) is 26.3 Å². The van der Waals surface area contributed by atoms with Gasteiger partial charge in [-0.1, -0.05) is 11.2 Å². The summed E-state index contributed by atoms with van der Waals surface area (Å²) in [6.07, 6.45) is 2.66. The molecule has 1 aliphatic rings. The Morgan fingerprint density at radius 2 is 2.08 bits per heavy atom. The second-order valence-electron chi connectivity index (χ2n) is 6.06. The summed E-state index contributed by atoms with van der Waals surface area (Å²) in [4.78, 5) is 12.9. The van der Waals surface area contributed by atoms with Crippen molar-refractivity contribution in [2.45, 2.75) is 13.0 Å². The summed E-state index contributed by atoms with van der Waals surface area (Å²) in [5.41, 5.74) is 2.51. The van der Waals surface area contributed by atoms with Gasteiger partial charge in [-0.05, 0) is 36.8 Å². The van der Waals surface area contributed by atoms with Gasteiger partial charge in [0.15, 0.2) is 0 Å². The van der Waals surface area contributed by atoms with Crippen molar-refractivity contribution in [2.75, 3.05) is 29.9 Å². The smallest absolute Gasteiger partial charge is 0.246 e. The number of hydrogen-bond donors (Lipinski definition) is 0. The van der Waals surface area contributed by atoms with Gasteiger partial charge in [-0.25, -0.2) is 4.39 Å². The van der Waals surface area contributed by atoms with E-state index in [-0.39, 0.29) is 5.82 Å². The molecule has 0 saturated heterocycles. The van der Waals surface area contributed by atoms with Crippen molar-refractivity contribution in [1.29, 1.82) is 0 Å². The molecule has 0 fully saturated rings. The summed E-state index contributed by atoms with van der Waals surface area (Å²) in [5, 5.41) is 4.00. The topological polar surface area (TPSA) is 58.3 Å². The Kier molecular flexibility index (Phi) is 4.05. The maximum atomic E-state index is 13.8. The van der Waals surface area contributed by atoms with Crippen molar-refractivity contribution in [3.63, 3.8) is 0 Å².